The molecule has 0 aromatic carbocycles. The van der Waals surface area contributed by atoms with Gasteiger partial charge in [-0.05, 0) is 25.8 Å². The predicted octanol–water partition coefficient (Wildman–Crippen LogP) is 2.61. The second-order valence-corrected chi connectivity index (χ2v) is 5.98. The van der Waals surface area contributed by atoms with Crippen LogP contribution >= 0.6 is 11.3 Å². The molecule has 0 saturated carbocycles. The van der Waals surface area contributed by atoms with Crippen molar-refractivity contribution in [2.45, 2.75) is 27.2 Å². The predicted molar refractivity (Wildman–Crippen MR) is 81.3 cm³/mol. The number of carboxylic acids is 1. The van der Waals surface area contributed by atoms with Crippen molar-refractivity contribution in [2.24, 2.45) is 7.05 Å². The third-order valence-corrected chi connectivity index (χ3v) is 4.32. The van der Waals surface area contributed by atoms with Gasteiger partial charge in [0.2, 0.25) is 0 Å². The minimum absolute atomic E-state index is 0.190. The fourth-order valence-electron chi connectivity index (χ4n) is 2.31. The van der Waals surface area contributed by atoms with E-state index in [1.807, 2.05) is 13.8 Å². The summed E-state index contributed by atoms with van der Waals surface area (Å²) in [5.41, 5.74) is 2.01. The number of thiophene rings is 1. The standard InChI is InChI=1S/C14H17N3O3S/c1-5-9-8(3)21-13(11(9)14(19)20)15-12(18)10-6-17(4)16-7(10)2/h6H,5H2,1-4H3,(H,15,18)(H,19,20). The van der Waals surface area contributed by atoms with Crippen molar-refractivity contribution in [3.63, 3.8) is 0 Å². The van der Waals surface area contributed by atoms with Crippen LogP contribution in [0.3, 0.4) is 0 Å². The highest BCUT2D eigenvalue weighted by Gasteiger charge is 2.23. The fraction of sp³-hybridized carbons (Fsp3) is 0.357. The summed E-state index contributed by atoms with van der Waals surface area (Å²) >= 11 is 1.29. The topological polar surface area (TPSA) is 84.2 Å². The Morgan fingerprint density at radius 3 is 2.57 bits per heavy atom. The summed E-state index contributed by atoms with van der Waals surface area (Å²) in [6.07, 6.45) is 2.23. The van der Waals surface area contributed by atoms with E-state index in [-0.39, 0.29) is 11.5 Å². The number of aryl methyl sites for hydroxylation is 3. The molecule has 2 heterocycles. The van der Waals surface area contributed by atoms with E-state index in [2.05, 4.69) is 10.4 Å². The molecular formula is C14H17N3O3S. The number of nitrogens with one attached hydrogen (secondary N) is 1. The zero-order chi connectivity index (χ0) is 15.7. The van der Waals surface area contributed by atoms with Gasteiger partial charge in [-0.2, -0.15) is 5.10 Å². The Morgan fingerprint density at radius 2 is 2.10 bits per heavy atom. The van der Waals surface area contributed by atoms with Crippen LogP contribution in [0, 0.1) is 13.8 Å². The molecule has 0 aliphatic rings. The number of hydrogen-bond donors (Lipinski definition) is 2. The average Bonchev–Trinajstić information content (AvgIpc) is 2.88. The minimum atomic E-state index is -1.02. The van der Waals surface area contributed by atoms with Gasteiger partial charge in [0.15, 0.2) is 0 Å². The van der Waals surface area contributed by atoms with Crippen LogP contribution in [-0.2, 0) is 13.5 Å². The number of amides is 1. The molecule has 2 rings (SSSR count). The van der Waals surface area contributed by atoms with Crippen molar-refractivity contribution in [3.05, 3.63) is 33.5 Å². The maximum absolute atomic E-state index is 12.3. The molecule has 1 amide bonds. The molecule has 7 heteroatoms. The van der Waals surface area contributed by atoms with Crippen molar-refractivity contribution in [3.8, 4) is 0 Å². The summed E-state index contributed by atoms with van der Waals surface area (Å²) in [5.74, 6) is -1.36. The second kappa shape index (κ2) is 5.69. The quantitative estimate of drug-likeness (QED) is 0.909. The molecular weight excluding hydrogens is 290 g/mol. The summed E-state index contributed by atoms with van der Waals surface area (Å²) in [4.78, 5) is 24.6. The minimum Gasteiger partial charge on any atom is -0.478 e. The van der Waals surface area contributed by atoms with E-state index >= 15 is 0 Å². The van der Waals surface area contributed by atoms with E-state index in [0.717, 1.165) is 10.4 Å². The largest absolute Gasteiger partial charge is 0.478 e. The molecule has 0 atom stereocenters. The first kappa shape index (κ1) is 15.2. The zero-order valence-corrected chi connectivity index (χ0v) is 13.2. The summed E-state index contributed by atoms with van der Waals surface area (Å²) in [6.45, 7) is 5.50. The summed E-state index contributed by atoms with van der Waals surface area (Å²) in [5, 5.41) is 16.6. The van der Waals surface area contributed by atoms with E-state index in [1.165, 1.54) is 11.3 Å². The first-order valence-corrected chi connectivity index (χ1v) is 7.33. The van der Waals surface area contributed by atoms with Crippen LogP contribution in [0.15, 0.2) is 6.20 Å². The van der Waals surface area contributed by atoms with Crippen LogP contribution in [0.2, 0.25) is 0 Å². The third kappa shape index (κ3) is 2.82. The van der Waals surface area contributed by atoms with Crippen molar-refractivity contribution in [1.82, 2.24) is 9.78 Å². The van der Waals surface area contributed by atoms with Crippen molar-refractivity contribution >= 4 is 28.2 Å². The molecule has 0 aliphatic carbocycles. The van der Waals surface area contributed by atoms with Crippen molar-refractivity contribution < 1.29 is 14.7 Å². The molecule has 21 heavy (non-hydrogen) atoms. The fourth-order valence-corrected chi connectivity index (χ4v) is 3.44. The van der Waals surface area contributed by atoms with Crippen molar-refractivity contribution in [2.75, 3.05) is 5.32 Å². The Hall–Kier alpha value is -2.15. The highest BCUT2D eigenvalue weighted by molar-refractivity contribution is 7.16. The number of carbonyl (C=O) groups excluding carboxylic acids is 1. The molecule has 2 aromatic rings. The molecule has 0 bridgehead atoms. The monoisotopic (exact) mass is 307 g/mol. The molecule has 2 aromatic heterocycles. The maximum Gasteiger partial charge on any atom is 0.339 e. The molecule has 0 saturated heterocycles. The smallest absolute Gasteiger partial charge is 0.339 e. The van der Waals surface area contributed by atoms with E-state index in [4.69, 9.17) is 0 Å². The number of hydrogen-bond acceptors (Lipinski definition) is 4. The van der Waals surface area contributed by atoms with E-state index in [9.17, 15) is 14.7 Å². The van der Waals surface area contributed by atoms with Crippen LogP contribution in [0.25, 0.3) is 0 Å². The molecule has 0 spiro atoms. The average molecular weight is 307 g/mol. The Balaban J connectivity index is 2.38. The van der Waals surface area contributed by atoms with Gasteiger partial charge < -0.3 is 10.4 Å². The van der Waals surface area contributed by atoms with Crippen LogP contribution in [-0.4, -0.2) is 26.8 Å². The van der Waals surface area contributed by atoms with Crippen molar-refractivity contribution in [1.29, 1.82) is 0 Å². The Labute approximate surface area is 126 Å². The number of nitrogens with zero attached hydrogens (tertiary/aromatic N) is 2. The number of aromatic nitrogens is 2. The lowest BCUT2D eigenvalue weighted by Crippen LogP contribution is -2.14. The lowest BCUT2D eigenvalue weighted by molar-refractivity contribution is 0.0697. The molecule has 0 fully saturated rings. The Bertz CT molecular complexity index is 715. The van der Waals surface area contributed by atoms with E-state index in [1.54, 1.807) is 24.9 Å². The van der Waals surface area contributed by atoms with Gasteiger partial charge in [-0.3, -0.25) is 9.48 Å². The van der Waals surface area contributed by atoms with Crippen LogP contribution < -0.4 is 5.32 Å². The van der Waals surface area contributed by atoms with Gasteiger partial charge in [-0.25, -0.2) is 4.79 Å². The van der Waals surface area contributed by atoms with Crippen LogP contribution in [0.4, 0.5) is 5.00 Å². The number of carboxylic acid groups (broad SMARTS) is 1. The highest BCUT2D eigenvalue weighted by atomic mass is 32.1. The number of anilines is 1. The summed E-state index contributed by atoms with van der Waals surface area (Å²) < 4.78 is 1.56. The zero-order valence-electron chi connectivity index (χ0n) is 12.4. The highest BCUT2D eigenvalue weighted by Crippen LogP contribution is 2.33. The molecule has 0 unspecified atom stereocenters. The first-order chi connectivity index (χ1) is 9.85. The SMILES string of the molecule is CCc1c(C)sc(NC(=O)c2cn(C)nc2C)c1C(=O)O. The second-order valence-electron chi connectivity index (χ2n) is 4.76. The van der Waals surface area contributed by atoms with Gasteiger partial charge in [-0.15, -0.1) is 11.3 Å². The molecule has 2 N–H and O–H groups in total. The van der Waals surface area contributed by atoms with Gasteiger partial charge in [0, 0.05) is 18.1 Å². The van der Waals surface area contributed by atoms with Crippen LogP contribution in [0.1, 0.15) is 43.8 Å². The van der Waals surface area contributed by atoms with Gasteiger partial charge in [-0.1, -0.05) is 6.92 Å². The summed E-state index contributed by atoms with van der Waals surface area (Å²) in [6, 6.07) is 0. The molecule has 6 nitrogen and oxygen atoms in total. The van der Waals surface area contributed by atoms with E-state index < -0.39 is 5.97 Å². The Kier molecular flexibility index (Phi) is 4.13. The first-order valence-electron chi connectivity index (χ1n) is 6.52. The molecule has 112 valence electrons. The van der Waals surface area contributed by atoms with Crippen LogP contribution in [0.5, 0.6) is 0 Å². The van der Waals surface area contributed by atoms with Gasteiger partial charge in [0.25, 0.3) is 5.91 Å². The summed E-state index contributed by atoms with van der Waals surface area (Å²) in [7, 11) is 1.73. The third-order valence-electron chi connectivity index (χ3n) is 3.26. The maximum atomic E-state index is 12.3. The van der Waals surface area contributed by atoms with E-state index in [0.29, 0.717) is 22.7 Å². The van der Waals surface area contributed by atoms with Gasteiger partial charge in [0.1, 0.15) is 5.00 Å². The van der Waals surface area contributed by atoms with Gasteiger partial charge >= 0.3 is 5.97 Å². The molecule has 0 aliphatic heterocycles. The van der Waals surface area contributed by atoms with Gasteiger partial charge in [0.05, 0.1) is 16.8 Å². The number of carbonyl (C=O) groups is 2. The molecule has 0 radical (unpaired) electrons. The lowest BCUT2D eigenvalue weighted by Gasteiger charge is -2.04. The lowest BCUT2D eigenvalue weighted by atomic mass is 10.1. The number of aromatic carboxylic acids is 1. The normalized spacial score (nSPS) is 10.7. The number of rotatable bonds is 4. The Morgan fingerprint density at radius 1 is 1.43 bits per heavy atom.